The standard InChI is InChI=1S/C20H20Cl2N2O3S/c21-15-6-4-14(5-7-15)8-9-23-11-20(25)24(17-3-1-2-16(22)10-17)19-13-28(26,27)12-18(19)23/h1-7,10,18-19H,8-9,11-13H2/t18-,19+/m1/s1. The molecule has 2 atom stereocenters. The second kappa shape index (κ2) is 7.67. The first kappa shape index (κ1) is 19.7. The molecule has 2 fully saturated rings. The van der Waals surface area contributed by atoms with Crippen molar-refractivity contribution < 1.29 is 13.2 Å². The number of amides is 1. The van der Waals surface area contributed by atoms with Gasteiger partial charge in [0.2, 0.25) is 5.91 Å². The summed E-state index contributed by atoms with van der Waals surface area (Å²) >= 11 is 12.0. The predicted molar refractivity (Wildman–Crippen MR) is 112 cm³/mol. The van der Waals surface area contributed by atoms with Crippen LogP contribution >= 0.6 is 23.2 Å². The van der Waals surface area contributed by atoms with Crippen LogP contribution in [0.15, 0.2) is 48.5 Å². The Balaban J connectivity index is 1.58. The molecule has 2 saturated heterocycles. The van der Waals surface area contributed by atoms with Gasteiger partial charge in [0.05, 0.1) is 24.1 Å². The summed E-state index contributed by atoms with van der Waals surface area (Å²) in [6, 6.07) is 14.0. The van der Waals surface area contributed by atoms with Crippen molar-refractivity contribution in [3.63, 3.8) is 0 Å². The van der Waals surface area contributed by atoms with Crippen LogP contribution in [0.1, 0.15) is 5.56 Å². The number of carbonyl (C=O) groups excluding carboxylic acids is 1. The van der Waals surface area contributed by atoms with Crippen LogP contribution in [0.5, 0.6) is 0 Å². The van der Waals surface area contributed by atoms with E-state index >= 15 is 0 Å². The fourth-order valence-corrected chi connectivity index (χ4v) is 6.38. The molecule has 1 amide bonds. The second-order valence-electron chi connectivity index (χ2n) is 7.30. The third kappa shape index (κ3) is 4.06. The van der Waals surface area contributed by atoms with E-state index in [4.69, 9.17) is 23.2 Å². The zero-order valence-electron chi connectivity index (χ0n) is 15.1. The number of hydrogen-bond acceptors (Lipinski definition) is 4. The van der Waals surface area contributed by atoms with E-state index in [2.05, 4.69) is 0 Å². The average molecular weight is 439 g/mol. The minimum atomic E-state index is -3.21. The molecule has 148 valence electrons. The van der Waals surface area contributed by atoms with Crippen LogP contribution in [-0.2, 0) is 21.1 Å². The minimum absolute atomic E-state index is 0.0205. The predicted octanol–water partition coefficient (Wildman–Crippen LogP) is 3.05. The molecule has 5 nitrogen and oxygen atoms in total. The Morgan fingerprint density at radius 3 is 2.39 bits per heavy atom. The normalized spacial score (nSPS) is 24.4. The van der Waals surface area contributed by atoms with Gasteiger partial charge in [-0.25, -0.2) is 8.42 Å². The molecule has 0 bridgehead atoms. The third-order valence-electron chi connectivity index (χ3n) is 5.39. The fourth-order valence-electron chi connectivity index (χ4n) is 4.09. The Labute approximate surface area is 174 Å². The SMILES string of the molecule is O=C1CN(CCc2ccc(Cl)cc2)[C@@H]2CS(=O)(=O)C[C@@H]2N1c1cccc(Cl)c1. The van der Waals surface area contributed by atoms with Crippen LogP contribution in [0.3, 0.4) is 0 Å². The van der Waals surface area contributed by atoms with Crippen LogP contribution in [-0.4, -0.2) is 55.9 Å². The van der Waals surface area contributed by atoms with Gasteiger partial charge in [0.25, 0.3) is 0 Å². The van der Waals surface area contributed by atoms with Gasteiger partial charge in [-0.3, -0.25) is 9.69 Å². The topological polar surface area (TPSA) is 57.7 Å². The lowest BCUT2D eigenvalue weighted by Crippen LogP contribution is -2.62. The summed E-state index contributed by atoms with van der Waals surface area (Å²) in [5.41, 5.74) is 1.76. The Morgan fingerprint density at radius 1 is 0.964 bits per heavy atom. The van der Waals surface area contributed by atoms with Crippen LogP contribution in [0.25, 0.3) is 0 Å². The van der Waals surface area contributed by atoms with Crippen molar-refractivity contribution in [2.75, 3.05) is 29.5 Å². The van der Waals surface area contributed by atoms with Crippen molar-refractivity contribution in [2.24, 2.45) is 0 Å². The molecule has 0 spiro atoms. The quantitative estimate of drug-likeness (QED) is 0.735. The molecule has 2 aliphatic rings. The van der Waals surface area contributed by atoms with Crippen LogP contribution < -0.4 is 4.90 Å². The molecule has 4 rings (SSSR count). The van der Waals surface area contributed by atoms with Gasteiger partial charge >= 0.3 is 0 Å². The van der Waals surface area contributed by atoms with E-state index in [1.54, 1.807) is 29.2 Å². The van der Waals surface area contributed by atoms with E-state index in [1.807, 2.05) is 29.2 Å². The first-order chi connectivity index (χ1) is 13.3. The van der Waals surface area contributed by atoms with Crippen LogP contribution in [0.4, 0.5) is 5.69 Å². The van der Waals surface area contributed by atoms with Gasteiger partial charge in [0, 0.05) is 28.3 Å². The number of fused-ring (bicyclic) bond motifs is 1. The summed E-state index contributed by atoms with van der Waals surface area (Å²) in [7, 11) is -3.21. The van der Waals surface area contributed by atoms with Gasteiger partial charge in [-0.15, -0.1) is 0 Å². The van der Waals surface area contributed by atoms with E-state index in [9.17, 15) is 13.2 Å². The summed E-state index contributed by atoms with van der Waals surface area (Å²) < 4.78 is 24.8. The highest BCUT2D eigenvalue weighted by Gasteiger charge is 2.49. The van der Waals surface area contributed by atoms with E-state index in [-0.39, 0.29) is 30.0 Å². The van der Waals surface area contributed by atoms with Crippen molar-refractivity contribution in [1.29, 1.82) is 0 Å². The van der Waals surface area contributed by atoms with E-state index in [0.29, 0.717) is 22.3 Å². The molecular formula is C20H20Cl2N2O3S. The molecule has 8 heteroatoms. The summed E-state index contributed by atoms with van der Waals surface area (Å²) in [6.45, 7) is 0.810. The second-order valence-corrected chi connectivity index (χ2v) is 10.3. The molecule has 0 aromatic heterocycles. The lowest BCUT2D eigenvalue weighted by atomic mass is 10.0. The maximum atomic E-state index is 13.0. The van der Waals surface area contributed by atoms with Crippen LogP contribution in [0, 0.1) is 0 Å². The molecule has 2 aliphatic heterocycles. The van der Waals surface area contributed by atoms with Crippen molar-refractivity contribution >= 4 is 44.6 Å². The summed E-state index contributed by atoms with van der Waals surface area (Å²) in [5.74, 6) is -0.0487. The van der Waals surface area contributed by atoms with Gasteiger partial charge in [-0.2, -0.15) is 0 Å². The zero-order valence-corrected chi connectivity index (χ0v) is 17.4. The smallest absolute Gasteiger partial charge is 0.241 e. The monoisotopic (exact) mass is 438 g/mol. The highest BCUT2D eigenvalue weighted by Crippen LogP contribution is 2.32. The largest absolute Gasteiger partial charge is 0.306 e. The van der Waals surface area contributed by atoms with Crippen molar-refractivity contribution in [2.45, 2.75) is 18.5 Å². The van der Waals surface area contributed by atoms with Gasteiger partial charge in [-0.1, -0.05) is 41.4 Å². The highest BCUT2D eigenvalue weighted by molar-refractivity contribution is 7.91. The number of halogens is 2. The molecule has 0 unspecified atom stereocenters. The maximum Gasteiger partial charge on any atom is 0.241 e. The number of hydrogen-bond donors (Lipinski definition) is 0. The molecule has 28 heavy (non-hydrogen) atoms. The first-order valence-electron chi connectivity index (χ1n) is 9.09. The van der Waals surface area contributed by atoms with E-state index in [1.165, 1.54) is 0 Å². The Morgan fingerprint density at radius 2 is 1.68 bits per heavy atom. The van der Waals surface area contributed by atoms with Crippen molar-refractivity contribution in [1.82, 2.24) is 4.90 Å². The highest BCUT2D eigenvalue weighted by atomic mass is 35.5. The summed E-state index contributed by atoms with van der Waals surface area (Å²) in [5, 5.41) is 1.20. The molecule has 2 aromatic rings. The number of sulfone groups is 1. The van der Waals surface area contributed by atoms with Crippen molar-refractivity contribution in [3.05, 3.63) is 64.1 Å². The fraction of sp³-hybridized carbons (Fsp3) is 0.350. The van der Waals surface area contributed by atoms with E-state index in [0.717, 1.165) is 12.0 Å². The Bertz CT molecular complexity index is 995. The zero-order chi connectivity index (χ0) is 19.9. The lowest BCUT2D eigenvalue weighted by Gasteiger charge is -2.43. The minimum Gasteiger partial charge on any atom is -0.306 e. The molecule has 2 aromatic carbocycles. The molecule has 0 aliphatic carbocycles. The summed E-state index contributed by atoms with van der Waals surface area (Å²) in [4.78, 5) is 16.6. The van der Waals surface area contributed by atoms with Crippen LogP contribution in [0.2, 0.25) is 10.0 Å². The molecular weight excluding hydrogens is 419 g/mol. The molecule has 0 saturated carbocycles. The van der Waals surface area contributed by atoms with E-state index < -0.39 is 15.9 Å². The maximum absolute atomic E-state index is 13.0. The Kier molecular flexibility index (Phi) is 5.40. The molecule has 0 radical (unpaired) electrons. The number of nitrogens with zero attached hydrogens (tertiary/aromatic N) is 2. The van der Waals surface area contributed by atoms with Gasteiger partial charge < -0.3 is 4.90 Å². The lowest BCUT2D eigenvalue weighted by molar-refractivity contribution is -0.123. The van der Waals surface area contributed by atoms with Crippen molar-refractivity contribution in [3.8, 4) is 0 Å². The number of rotatable bonds is 4. The molecule has 0 N–H and O–H groups in total. The number of anilines is 1. The number of carbonyl (C=O) groups is 1. The number of benzene rings is 2. The average Bonchev–Trinajstić information content (AvgIpc) is 2.96. The van der Waals surface area contributed by atoms with Gasteiger partial charge in [0.15, 0.2) is 9.84 Å². The Hall–Kier alpha value is -1.60. The first-order valence-corrected chi connectivity index (χ1v) is 11.7. The van der Waals surface area contributed by atoms with Gasteiger partial charge in [-0.05, 0) is 42.3 Å². The van der Waals surface area contributed by atoms with Gasteiger partial charge in [0.1, 0.15) is 0 Å². The third-order valence-corrected chi connectivity index (χ3v) is 7.57. The molecule has 2 heterocycles. The summed E-state index contributed by atoms with van der Waals surface area (Å²) in [6.07, 6.45) is 0.727. The number of piperazine rings is 1.